The molecule has 3 fully saturated rings. The summed E-state index contributed by atoms with van der Waals surface area (Å²) in [7, 11) is 4.55. The first kappa shape index (κ1) is 33.9. The Morgan fingerprint density at radius 2 is 1.54 bits per heavy atom. The van der Waals surface area contributed by atoms with E-state index in [1.54, 1.807) is 52.3 Å². The zero-order valence-electron chi connectivity index (χ0n) is 28.2. The number of alkyl halides is 2. The molecule has 2 aliphatic heterocycles. The molecule has 0 unspecified atom stereocenters. The number of fused-ring (bicyclic) bond motifs is 4. The van der Waals surface area contributed by atoms with Crippen molar-refractivity contribution in [3.63, 3.8) is 0 Å². The molecule has 7 rings (SSSR count). The number of phenolic OH excluding ortho intramolecular Hbond substituents is 1. The number of phenols is 1. The molecular weight excluding hydrogens is 679 g/mol. The largest absolute Gasteiger partial charge is 0.507 e. The van der Waals surface area contributed by atoms with Crippen LogP contribution in [0.15, 0.2) is 66.2 Å². The van der Waals surface area contributed by atoms with Crippen LogP contribution in [0, 0.1) is 31.6 Å². The van der Waals surface area contributed by atoms with E-state index < -0.39 is 45.2 Å². The van der Waals surface area contributed by atoms with E-state index in [9.17, 15) is 24.3 Å². The van der Waals surface area contributed by atoms with Crippen molar-refractivity contribution < 1.29 is 33.8 Å². The molecule has 0 radical (unpaired) electrons. The van der Waals surface area contributed by atoms with Gasteiger partial charge in [-0.25, -0.2) is 0 Å². The van der Waals surface area contributed by atoms with Crippen LogP contribution in [0.2, 0.25) is 0 Å². The Labute approximate surface area is 300 Å². The van der Waals surface area contributed by atoms with E-state index in [2.05, 4.69) is 0 Å². The predicted octanol–water partition coefficient (Wildman–Crippen LogP) is 6.39. The van der Waals surface area contributed by atoms with E-state index in [4.69, 9.17) is 32.7 Å². The lowest BCUT2D eigenvalue weighted by Crippen LogP contribution is -2.60. The summed E-state index contributed by atoms with van der Waals surface area (Å²) in [5.41, 5.74) is 4.54. The number of carbonyl (C=O) groups is 4. The summed E-state index contributed by atoms with van der Waals surface area (Å²) in [4.78, 5) is 54.4. The first-order valence-corrected chi connectivity index (χ1v) is 17.1. The molecule has 0 spiro atoms. The fourth-order valence-corrected chi connectivity index (χ4v) is 9.44. The summed E-state index contributed by atoms with van der Waals surface area (Å²) in [5.74, 6) is -3.49. The van der Waals surface area contributed by atoms with E-state index in [1.807, 2.05) is 48.6 Å². The van der Waals surface area contributed by atoms with Gasteiger partial charge in [0.25, 0.3) is 11.8 Å². The van der Waals surface area contributed by atoms with E-state index in [1.165, 1.54) is 11.9 Å². The molecule has 2 heterocycles. The maximum absolute atomic E-state index is 14.4. The van der Waals surface area contributed by atoms with E-state index >= 15 is 0 Å². The molecule has 0 bridgehead atoms. The van der Waals surface area contributed by atoms with Gasteiger partial charge >= 0.3 is 0 Å². The number of aromatic hydroxyl groups is 1. The Hall–Kier alpha value is -4.60. The number of likely N-dealkylation sites (tertiary alicyclic amines) is 1. The standard InChI is InChI=1S/C39H36Cl2N2O7/c1-20-16-24(17-21(2)33(20)44)32-27-13-14-28-31(29(27)19-38(40)36(47)42(3)37(48)39(32,38)41)35(46)43(34(28)45)25-10-7-22(8-11-25)6-9-23-18-26(49-4)12-15-30(23)50-5/h6-13,15-18,28-29,31-32,44H,14,19H2,1-5H3/t28-,29+,31-,32-,38+,39-/m0/s1. The van der Waals surface area contributed by atoms with Gasteiger partial charge < -0.3 is 14.6 Å². The number of amides is 4. The molecule has 3 aromatic rings. The number of ether oxygens (including phenoxy) is 2. The van der Waals surface area contributed by atoms with Gasteiger partial charge in [-0.05, 0) is 85.2 Å². The van der Waals surface area contributed by atoms with Crippen molar-refractivity contribution in [2.24, 2.45) is 17.8 Å². The second-order valence-corrected chi connectivity index (χ2v) is 14.8. The first-order chi connectivity index (χ1) is 23.8. The van der Waals surface area contributed by atoms with Crippen molar-refractivity contribution in [3.8, 4) is 17.2 Å². The number of anilines is 1. The van der Waals surface area contributed by atoms with Crippen molar-refractivity contribution in [3.05, 3.63) is 94.1 Å². The van der Waals surface area contributed by atoms with Gasteiger partial charge in [0.2, 0.25) is 11.8 Å². The summed E-state index contributed by atoms with van der Waals surface area (Å²) >= 11 is 14.6. The van der Waals surface area contributed by atoms with Crippen LogP contribution in [0.25, 0.3) is 12.2 Å². The molecular formula is C39H36Cl2N2O7. The van der Waals surface area contributed by atoms with Crippen LogP contribution in [0.3, 0.4) is 0 Å². The van der Waals surface area contributed by atoms with Crippen molar-refractivity contribution in [1.82, 2.24) is 4.90 Å². The van der Waals surface area contributed by atoms with Crippen molar-refractivity contribution >= 4 is 64.7 Å². The molecule has 6 atom stereocenters. The molecule has 9 nitrogen and oxygen atoms in total. The summed E-state index contributed by atoms with van der Waals surface area (Å²) in [6.07, 6.45) is 5.87. The minimum absolute atomic E-state index is 0.0865. The Kier molecular flexibility index (Phi) is 8.15. The Bertz CT molecular complexity index is 2020. The Morgan fingerprint density at radius 1 is 0.860 bits per heavy atom. The third-order valence-electron chi connectivity index (χ3n) is 10.9. The number of imide groups is 2. The van der Waals surface area contributed by atoms with Crippen molar-refractivity contribution in [2.45, 2.75) is 42.4 Å². The van der Waals surface area contributed by atoms with Crippen molar-refractivity contribution in [1.29, 1.82) is 0 Å². The van der Waals surface area contributed by atoms with Crippen LogP contribution in [-0.2, 0) is 19.2 Å². The van der Waals surface area contributed by atoms with Gasteiger partial charge in [-0.3, -0.25) is 29.0 Å². The van der Waals surface area contributed by atoms with Crippen LogP contribution in [-0.4, -0.2) is 64.7 Å². The average Bonchev–Trinajstić information content (AvgIpc) is 3.44. The molecule has 3 aromatic carbocycles. The Morgan fingerprint density at radius 3 is 2.18 bits per heavy atom. The van der Waals surface area contributed by atoms with Gasteiger partial charge in [0, 0.05) is 18.5 Å². The smallest absolute Gasteiger partial charge is 0.253 e. The lowest BCUT2D eigenvalue weighted by Gasteiger charge is -2.51. The first-order valence-electron chi connectivity index (χ1n) is 16.3. The number of carbonyl (C=O) groups excluding carboxylic acids is 4. The second kappa shape index (κ2) is 12.0. The number of aryl methyl sites for hydroxylation is 2. The van der Waals surface area contributed by atoms with Crippen molar-refractivity contribution in [2.75, 3.05) is 26.2 Å². The molecule has 258 valence electrons. The van der Waals surface area contributed by atoms with Gasteiger partial charge in [0.15, 0.2) is 9.75 Å². The van der Waals surface area contributed by atoms with E-state index in [0.29, 0.717) is 39.4 Å². The second-order valence-electron chi connectivity index (χ2n) is 13.5. The monoisotopic (exact) mass is 714 g/mol. The highest BCUT2D eigenvalue weighted by molar-refractivity contribution is 6.53. The number of allylic oxidation sites excluding steroid dienone is 2. The summed E-state index contributed by atoms with van der Waals surface area (Å²) in [6.45, 7) is 3.49. The molecule has 11 heteroatoms. The van der Waals surface area contributed by atoms with Crippen LogP contribution in [0.1, 0.15) is 46.6 Å². The maximum Gasteiger partial charge on any atom is 0.253 e. The molecule has 2 aliphatic carbocycles. The molecule has 1 N–H and O–H groups in total. The summed E-state index contributed by atoms with van der Waals surface area (Å²) in [6, 6.07) is 16.1. The highest BCUT2D eigenvalue weighted by atomic mass is 35.5. The quantitative estimate of drug-likeness (QED) is 0.136. The molecule has 2 saturated heterocycles. The van der Waals surface area contributed by atoms with Gasteiger partial charge in [-0.2, -0.15) is 0 Å². The highest BCUT2D eigenvalue weighted by Crippen LogP contribution is 2.65. The number of benzene rings is 3. The average molecular weight is 716 g/mol. The molecule has 4 aliphatic rings. The summed E-state index contributed by atoms with van der Waals surface area (Å²) in [5, 5.41) is 10.6. The highest BCUT2D eigenvalue weighted by Gasteiger charge is 2.75. The molecule has 1 saturated carbocycles. The fourth-order valence-electron chi connectivity index (χ4n) is 8.42. The number of halogens is 2. The maximum atomic E-state index is 14.4. The predicted molar refractivity (Wildman–Crippen MR) is 190 cm³/mol. The molecule has 4 amide bonds. The van der Waals surface area contributed by atoms with Gasteiger partial charge in [-0.15, -0.1) is 23.2 Å². The Balaban J connectivity index is 1.24. The zero-order valence-corrected chi connectivity index (χ0v) is 29.7. The minimum Gasteiger partial charge on any atom is -0.507 e. The van der Waals surface area contributed by atoms with Crippen LogP contribution >= 0.6 is 23.2 Å². The lowest BCUT2D eigenvalue weighted by molar-refractivity contribution is -0.138. The number of nitrogens with zero attached hydrogens (tertiary/aromatic N) is 2. The number of methoxy groups -OCH3 is 2. The zero-order chi connectivity index (χ0) is 35.9. The van der Waals surface area contributed by atoms with Crippen LogP contribution in [0.5, 0.6) is 17.2 Å². The van der Waals surface area contributed by atoms with Crippen LogP contribution < -0.4 is 14.4 Å². The van der Waals surface area contributed by atoms with E-state index in [-0.39, 0.29) is 30.4 Å². The van der Waals surface area contributed by atoms with Crippen LogP contribution in [0.4, 0.5) is 5.69 Å². The third kappa shape index (κ3) is 4.73. The lowest BCUT2D eigenvalue weighted by atomic mass is 9.56. The topological polar surface area (TPSA) is 113 Å². The number of hydrogen-bond acceptors (Lipinski definition) is 7. The molecule has 0 aromatic heterocycles. The van der Waals surface area contributed by atoms with Gasteiger partial charge in [-0.1, -0.05) is 48.1 Å². The van der Waals surface area contributed by atoms with E-state index in [0.717, 1.165) is 16.0 Å². The number of hydrogen-bond donors (Lipinski definition) is 1. The fraction of sp³-hybridized carbons (Fsp3) is 0.333. The third-order valence-corrected chi connectivity index (χ3v) is 12.3. The number of rotatable bonds is 6. The normalized spacial score (nSPS) is 28.9. The minimum atomic E-state index is -1.88. The van der Waals surface area contributed by atoms with Gasteiger partial charge in [0.1, 0.15) is 17.2 Å². The summed E-state index contributed by atoms with van der Waals surface area (Å²) < 4.78 is 10.8. The van der Waals surface area contributed by atoms with Gasteiger partial charge in [0.05, 0.1) is 31.7 Å². The SMILES string of the molecule is COc1ccc(OC)c(C=Cc2ccc(N3C(=O)[C@H]4[C@H](CC=C5[C@H]4C[C@@]4(Cl)C(=O)N(C)C(=O)[C@@]4(Cl)[C@H]5c4cc(C)c(O)c(C)c4)C3=O)cc2)c1. The molecule has 50 heavy (non-hydrogen) atoms.